The first-order valence-electron chi connectivity index (χ1n) is 5.72. The van der Waals surface area contributed by atoms with Crippen LogP contribution in [0.25, 0.3) is 0 Å². The first kappa shape index (κ1) is 14.6. The minimum Gasteiger partial charge on any atom is -0.462 e. The molecule has 1 rings (SSSR count). The number of nitrogens with one attached hydrogen (secondary N) is 1. The van der Waals surface area contributed by atoms with Crippen LogP contribution in [0.4, 0.5) is 0 Å². The zero-order valence-electron chi connectivity index (χ0n) is 11.0. The number of hydrogen-bond donors (Lipinski definition) is 1. The van der Waals surface area contributed by atoms with Crippen LogP contribution in [0.1, 0.15) is 27.7 Å². The lowest BCUT2D eigenvalue weighted by Gasteiger charge is -2.21. The Morgan fingerprint density at radius 3 is 1.72 bits per heavy atom. The third kappa shape index (κ3) is 3.29. The predicted molar refractivity (Wildman–Crippen MR) is 69.4 cm³/mol. The number of allylic oxidation sites excluding steroid dienone is 2. The fourth-order valence-electron chi connectivity index (χ4n) is 1.43. The Bertz CT molecular complexity index is 388. The van der Waals surface area contributed by atoms with Gasteiger partial charge in [-0.3, -0.25) is 0 Å². The van der Waals surface area contributed by atoms with Crippen LogP contribution in [-0.2, 0) is 19.1 Å². The summed E-state index contributed by atoms with van der Waals surface area (Å²) in [6, 6.07) is 0. The number of thioether (sulfide) groups is 1. The third-order valence-corrected chi connectivity index (χ3v) is 3.54. The normalized spacial score (nSPS) is 15.3. The van der Waals surface area contributed by atoms with Crippen molar-refractivity contribution in [3.63, 3.8) is 0 Å². The van der Waals surface area contributed by atoms with E-state index >= 15 is 0 Å². The van der Waals surface area contributed by atoms with Crippen molar-refractivity contribution in [2.24, 2.45) is 0 Å². The Hall–Kier alpha value is -1.43. The zero-order valence-corrected chi connectivity index (χ0v) is 11.8. The summed E-state index contributed by atoms with van der Waals surface area (Å²) in [7, 11) is 0. The van der Waals surface area contributed by atoms with Gasteiger partial charge >= 0.3 is 11.9 Å². The maximum atomic E-state index is 11.7. The molecule has 0 aliphatic carbocycles. The van der Waals surface area contributed by atoms with Crippen LogP contribution in [0.2, 0.25) is 0 Å². The van der Waals surface area contributed by atoms with Crippen LogP contribution in [-0.4, -0.2) is 25.2 Å². The second-order valence-electron chi connectivity index (χ2n) is 3.58. The van der Waals surface area contributed by atoms with E-state index in [0.717, 1.165) is 11.8 Å². The third-order valence-electron chi connectivity index (χ3n) is 2.18. The Morgan fingerprint density at radius 1 is 1.00 bits per heavy atom. The fraction of sp³-hybridized carbons (Fsp3) is 0.500. The highest BCUT2D eigenvalue weighted by Gasteiger charge is 2.27. The molecule has 1 N–H and O–H groups in total. The van der Waals surface area contributed by atoms with Crippen LogP contribution < -0.4 is 5.32 Å². The minimum atomic E-state index is -0.429. The van der Waals surface area contributed by atoms with Gasteiger partial charge < -0.3 is 14.8 Å². The molecule has 0 aromatic heterocycles. The molecule has 0 atom stereocenters. The summed E-state index contributed by atoms with van der Waals surface area (Å²) in [4.78, 5) is 24.2. The van der Waals surface area contributed by atoms with Gasteiger partial charge in [0.25, 0.3) is 0 Å². The standard InChI is InChI=1S/C12H17NO4S/c1-5-16-11(14)9-7(3)13-8(4)10(18-9)12(15)17-6-2/h13H,5-6H2,1-4H3. The molecule has 18 heavy (non-hydrogen) atoms. The maximum Gasteiger partial charge on any atom is 0.346 e. The number of ether oxygens (including phenoxy) is 2. The van der Waals surface area contributed by atoms with Crippen LogP contribution in [0.5, 0.6) is 0 Å². The van der Waals surface area contributed by atoms with Crippen LogP contribution in [0.15, 0.2) is 21.2 Å². The van der Waals surface area contributed by atoms with Gasteiger partial charge in [-0.25, -0.2) is 9.59 Å². The van der Waals surface area contributed by atoms with Crippen molar-refractivity contribution < 1.29 is 19.1 Å². The average molecular weight is 271 g/mol. The molecule has 0 aromatic rings. The van der Waals surface area contributed by atoms with Gasteiger partial charge in [0.1, 0.15) is 9.81 Å². The predicted octanol–water partition coefficient (Wildman–Crippen LogP) is 1.91. The molecule has 0 spiro atoms. The second kappa shape index (κ2) is 6.49. The quantitative estimate of drug-likeness (QED) is 0.788. The molecule has 100 valence electrons. The van der Waals surface area contributed by atoms with E-state index in [4.69, 9.17) is 9.47 Å². The lowest BCUT2D eigenvalue weighted by Crippen LogP contribution is -2.23. The first-order valence-corrected chi connectivity index (χ1v) is 6.53. The zero-order chi connectivity index (χ0) is 13.7. The SMILES string of the molecule is CCOC(=O)C1=C(C)NC(C)=C(C(=O)OCC)S1. The molecule has 0 radical (unpaired) electrons. The van der Waals surface area contributed by atoms with Crippen molar-refractivity contribution >= 4 is 23.7 Å². The molecule has 5 nitrogen and oxygen atoms in total. The molecule has 6 heteroatoms. The number of hydrogen-bond acceptors (Lipinski definition) is 6. The summed E-state index contributed by atoms with van der Waals surface area (Å²) >= 11 is 1.09. The van der Waals surface area contributed by atoms with Gasteiger partial charge in [-0.1, -0.05) is 11.8 Å². The number of carbonyl (C=O) groups is 2. The molecule has 0 fully saturated rings. The summed E-state index contributed by atoms with van der Waals surface area (Å²) < 4.78 is 9.89. The lowest BCUT2D eigenvalue weighted by molar-refractivity contribution is -0.138. The first-order chi connectivity index (χ1) is 8.51. The van der Waals surface area contributed by atoms with Gasteiger partial charge in [0, 0.05) is 11.4 Å². The Kier molecular flexibility index (Phi) is 5.27. The highest BCUT2D eigenvalue weighted by molar-refractivity contribution is 8.08. The van der Waals surface area contributed by atoms with Gasteiger partial charge in [-0.2, -0.15) is 0 Å². The van der Waals surface area contributed by atoms with Gasteiger partial charge in [0.15, 0.2) is 0 Å². The molecule has 1 aliphatic rings. The molecule has 0 saturated carbocycles. The number of rotatable bonds is 4. The van der Waals surface area contributed by atoms with Crippen LogP contribution >= 0.6 is 11.8 Å². The summed E-state index contributed by atoms with van der Waals surface area (Å²) in [5.41, 5.74) is 1.37. The smallest absolute Gasteiger partial charge is 0.346 e. The van der Waals surface area contributed by atoms with E-state index in [2.05, 4.69) is 5.32 Å². The average Bonchev–Trinajstić information content (AvgIpc) is 2.29. The number of carbonyl (C=O) groups excluding carboxylic acids is 2. The Morgan fingerprint density at radius 2 is 1.39 bits per heavy atom. The van der Waals surface area contributed by atoms with E-state index < -0.39 is 11.9 Å². The minimum absolute atomic E-state index is 0.299. The van der Waals surface area contributed by atoms with Gasteiger partial charge in [-0.05, 0) is 27.7 Å². The van der Waals surface area contributed by atoms with E-state index in [1.165, 1.54) is 0 Å². The van der Waals surface area contributed by atoms with Gasteiger partial charge in [-0.15, -0.1) is 0 Å². The van der Waals surface area contributed by atoms with E-state index in [0.29, 0.717) is 34.4 Å². The highest BCUT2D eigenvalue weighted by Crippen LogP contribution is 2.34. The molecule has 1 aliphatic heterocycles. The molecular weight excluding hydrogens is 254 g/mol. The largest absolute Gasteiger partial charge is 0.462 e. The van der Waals surface area contributed by atoms with E-state index in [1.54, 1.807) is 27.7 Å². The fourth-order valence-corrected chi connectivity index (χ4v) is 2.33. The van der Waals surface area contributed by atoms with E-state index in [1.807, 2.05) is 0 Å². The Labute approximate surface area is 111 Å². The van der Waals surface area contributed by atoms with Gasteiger partial charge in [0.05, 0.1) is 13.2 Å². The lowest BCUT2D eigenvalue weighted by atomic mass is 10.3. The second-order valence-corrected chi connectivity index (χ2v) is 4.60. The highest BCUT2D eigenvalue weighted by atomic mass is 32.2. The molecule has 0 saturated heterocycles. The maximum absolute atomic E-state index is 11.7. The topological polar surface area (TPSA) is 64.6 Å². The van der Waals surface area contributed by atoms with E-state index in [9.17, 15) is 9.59 Å². The van der Waals surface area contributed by atoms with Gasteiger partial charge in [0.2, 0.25) is 0 Å². The summed E-state index contributed by atoms with van der Waals surface area (Å²) in [5, 5.41) is 2.99. The molecule has 0 unspecified atom stereocenters. The molecule has 0 amide bonds. The van der Waals surface area contributed by atoms with Crippen LogP contribution in [0, 0.1) is 0 Å². The van der Waals surface area contributed by atoms with Crippen molar-refractivity contribution in [3.05, 3.63) is 21.2 Å². The summed E-state index contributed by atoms with van der Waals surface area (Å²) in [6.45, 7) is 7.61. The summed E-state index contributed by atoms with van der Waals surface area (Å²) in [5.74, 6) is -0.858. The van der Waals surface area contributed by atoms with Crippen molar-refractivity contribution in [1.82, 2.24) is 5.32 Å². The van der Waals surface area contributed by atoms with Crippen molar-refractivity contribution in [2.45, 2.75) is 27.7 Å². The van der Waals surface area contributed by atoms with Crippen molar-refractivity contribution in [3.8, 4) is 0 Å². The van der Waals surface area contributed by atoms with Crippen molar-refractivity contribution in [1.29, 1.82) is 0 Å². The Balaban J connectivity index is 2.89. The monoisotopic (exact) mass is 271 g/mol. The molecule has 0 aromatic carbocycles. The van der Waals surface area contributed by atoms with Crippen molar-refractivity contribution in [2.75, 3.05) is 13.2 Å². The summed E-state index contributed by atoms with van der Waals surface area (Å²) in [6.07, 6.45) is 0. The van der Waals surface area contributed by atoms with E-state index in [-0.39, 0.29) is 0 Å². The molecule has 1 heterocycles. The molecular formula is C12H17NO4S. The van der Waals surface area contributed by atoms with Crippen LogP contribution in [0.3, 0.4) is 0 Å². The number of esters is 2. The molecule has 0 bridgehead atoms.